The molecule has 0 fully saturated rings. The van der Waals surface area contributed by atoms with Crippen molar-refractivity contribution in [2.45, 2.75) is 19.5 Å². The highest BCUT2D eigenvalue weighted by Gasteiger charge is 2.07. The van der Waals surface area contributed by atoms with E-state index in [-0.39, 0.29) is 11.9 Å². The molecule has 1 aromatic heterocycles. The Morgan fingerprint density at radius 2 is 2.26 bits per heavy atom. The molecule has 1 heterocycles. The van der Waals surface area contributed by atoms with Crippen molar-refractivity contribution in [3.05, 3.63) is 65.2 Å². The van der Waals surface area contributed by atoms with Crippen LogP contribution in [0.15, 0.2) is 42.7 Å². The molecule has 2 aromatic rings. The van der Waals surface area contributed by atoms with E-state index >= 15 is 0 Å². The fourth-order valence-corrected chi connectivity index (χ4v) is 1.77. The van der Waals surface area contributed by atoms with Crippen LogP contribution in [0.2, 0.25) is 0 Å². The van der Waals surface area contributed by atoms with E-state index in [1.165, 1.54) is 6.07 Å². The van der Waals surface area contributed by atoms with Crippen LogP contribution in [0.4, 0.5) is 4.39 Å². The highest BCUT2D eigenvalue weighted by Crippen LogP contribution is 2.14. The van der Waals surface area contributed by atoms with Crippen LogP contribution >= 0.6 is 0 Å². The standard InChI is InChI=1S/C15H14FN3/c1-11(13-3-2-6-18-9-13)19-10-14-5-4-12(8-17)7-15(14)16/h2-7,9,11,19H,10H2,1H3/t11-/m1/s1. The van der Waals surface area contributed by atoms with Gasteiger partial charge in [0.05, 0.1) is 11.6 Å². The van der Waals surface area contributed by atoms with Crippen molar-refractivity contribution in [3.63, 3.8) is 0 Å². The maximum absolute atomic E-state index is 13.7. The highest BCUT2D eigenvalue weighted by atomic mass is 19.1. The Balaban J connectivity index is 2.01. The van der Waals surface area contributed by atoms with E-state index in [1.807, 2.05) is 25.1 Å². The Bertz CT molecular complexity index is 590. The lowest BCUT2D eigenvalue weighted by Crippen LogP contribution is -2.18. The number of nitrogens with zero attached hydrogens (tertiary/aromatic N) is 2. The number of halogens is 1. The van der Waals surface area contributed by atoms with Crippen LogP contribution in [0.25, 0.3) is 0 Å². The monoisotopic (exact) mass is 255 g/mol. The third kappa shape index (κ3) is 3.36. The summed E-state index contributed by atoms with van der Waals surface area (Å²) >= 11 is 0. The maximum atomic E-state index is 13.7. The largest absolute Gasteiger partial charge is 0.306 e. The van der Waals surface area contributed by atoms with Crippen LogP contribution in [0.1, 0.15) is 29.7 Å². The number of hydrogen-bond acceptors (Lipinski definition) is 3. The molecule has 0 spiro atoms. The predicted octanol–water partition coefficient (Wildman–Crippen LogP) is 2.94. The summed E-state index contributed by atoms with van der Waals surface area (Å²) in [4.78, 5) is 4.05. The van der Waals surface area contributed by atoms with Gasteiger partial charge in [0.1, 0.15) is 5.82 Å². The van der Waals surface area contributed by atoms with Crippen molar-refractivity contribution in [2.24, 2.45) is 0 Å². The molecule has 1 N–H and O–H groups in total. The van der Waals surface area contributed by atoms with Gasteiger partial charge in [-0.2, -0.15) is 5.26 Å². The van der Waals surface area contributed by atoms with Gasteiger partial charge in [-0.05, 0) is 30.7 Å². The van der Waals surface area contributed by atoms with Crippen molar-refractivity contribution >= 4 is 0 Å². The van der Waals surface area contributed by atoms with E-state index < -0.39 is 0 Å². The minimum atomic E-state index is -0.357. The van der Waals surface area contributed by atoms with E-state index in [9.17, 15) is 4.39 Å². The summed E-state index contributed by atoms with van der Waals surface area (Å²) in [7, 11) is 0. The minimum absolute atomic E-state index is 0.0868. The molecule has 0 aliphatic carbocycles. The first-order valence-electron chi connectivity index (χ1n) is 6.02. The molecule has 1 atom stereocenters. The Morgan fingerprint density at radius 3 is 2.89 bits per heavy atom. The molecule has 96 valence electrons. The van der Waals surface area contributed by atoms with E-state index in [0.29, 0.717) is 17.7 Å². The highest BCUT2D eigenvalue weighted by molar-refractivity contribution is 5.32. The van der Waals surface area contributed by atoms with Crippen LogP contribution < -0.4 is 5.32 Å². The van der Waals surface area contributed by atoms with Crippen LogP contribution in [0, 0.1) is 17.1 Å². The van der Waals surface area contributed by atoms with Gasteiger partial charge in [-0.25, -0.2) is 4.39 Å². The average molecular weight is 255 g/mol. The first kappa shape index (κ1) is 13.2. The van der Waals surface area contributed by atoms with E-state index in [2.05, 4.69) is 10.3 Å². The van der Waals surface area contributed by atoms with Gasteiger partial charge in [-0.3, -0.25) is 4.98 Å². The topological polar surface area (TPSA) is 48.7 Å². The third-order valence-corrected chi connectivity index (χ3v) is 2.97. The lowest BCUT2D eigenvalue weighted by atomic mass is 10.1. The Kier molecular flexibility index (Phi) is 4.22. The SMILES string of the molecule is C[C@@H](NCc1ccc(C#N)cc1F)c1cccnc1. The maximum Gasteiger partial charge on any atom is 0.129 e. The number of benzene rings is 1. The predicted molar refractivity (Wildman–Crippen MR) is 70.6 cm³/mol. The molecular weight excluding hydrogens is 241 g/mol. The number of rotatable bonds is 4. The molecule has 0 aliphatic rings. The summed E-state index contributed by atoms with van der Waals surface area (Å²) in [5.74, 6) is -0.357. The Labute approximate surface area is 111 Å². The molecule has 0 saturated carbocycles. The molecule has 0 aliphatic heterocycles. The summed E-state index contributed by atoms with van der Waals surface area (Å²) in [6, 6.07) is 10.4. The summed E-state index contributed by atoms with van der Waals surface area (Å²) in [6.45, 7) is 2.41. The zero-order chi connectivity index (χ0) is 13.7. The molecule has 1 aromatic carbocycles. The first-order valence-corrected chi connectivity index (χ1v) is 6.02. The van der Waals surface area contributed by atoms with Gasteiger partial charge in [-0.1, -0.05) is 12.1 Å². The number of nitrogens with one attached hydrogen (secondary N) is 1. The summed E-state index contributed by atoms with van der Waals surface area (Å²) in [5, 5.41) is 11.9. The molecule has 0 radical (unpaired) electrons. The zero-order valence-electron chi connectivity index (χ0n) is 10.6. The summed E-state index contributed by atoms with van der Waals surface area (Å²) in [5.41, 5.74) is 1.94. The van der Waals surface area contributed by atoms with Gasteiger partial charge >= 0.3 is 0 Å². The van der Waals surface area contributed by atoms with Crippen LogP contribution in [-0.2, 0) is 6.54 Å². The molecule has 0 unspecified atom stereocenters. The van der Waals surface area contributed by atoms with Gasteiger partial charge in [0, 0.05) is 30.5 Å². The fraction of sp³-hybridized carbons (Fsp3) is 0.200. The number of pyridine rings is 1. The minimum Gasteiger partial charge on any atom is -0.306 e. The fourth-order valence-electron chi connectivity index (χ4n) is 1.77. The smallest absolute Gasteiger partial charge is 0.129 e. The molecule has 3 nitrogen and oxygen atoms in total. The van der Waals surface area contributed by atoms with Crippen molar-refractivity contribution in [3.8, 4) is 6.07 Å². The summed E-state index contributed by atoms with van der Waals surface area (Å²) in [6.07, 6.45) is 3.50. The number of nitriles is 1. The lowest BCUT2D eigenvalue weighted by Gasteiger charge is -2.14. The Morgan fingerprint density at radius 1 is 1.42 bits per heavy atom. The quantitative estimate of drug-likeness (QED) is 0.913. The molecule has 19 heavy (non-hydrogen) atoms. The van der Waals surface area contributed by atoms with Crippen LogP contribution in [-0.4, -0.2) is 4.98 Å². The molecule has 4 heteroatoms. The van der Waals surface area contributed by atoms with Crippen LogP contribution in [0.3, 0.4) is 0 Å². The number of aromatic nitrogens is 1. The lowest BCUT2D eigenvalue weighted by molar-refractivity contribution is 0.543. The Hall–Kier alpha value is -2.25. The molecule has 0 saturated heterocycles. The van der Waals surface area contributed by atoms with Gasteiger partial charge in [0.2, 0.25) is 0 Å². The molecule has 0 amide bonds. The van der Waals surface area contributed by atoms with Gasteiger partial charge in [0.25, 0.3) is 0 Å². The van der Waals surface area contributed by atoms with Gasteiger partial charge in [-0.15, -0.1) is 0 Å². The normalized spacial score (nSPS) is 11.8. The average Bonchev–Trinajstić information content (AvgIpc) is 2.46. The summed E-state index contributed by atoms with van der Waals surface area (Å²) < 4.78 is 13.7. The molecular formula is C15H14FN3. The third-order valence-electron chi connectivity index (χ3n) is 2.97. The van der Waals surface area contributed by atoms with E-state index in [4.69, 9.17) is 5.26 Å². The second-order valence-electron chi connectivity index (χ2n) is 4.31. The number of hydrogen-bond donors (Lipinski definition) is 1. The van der Waals surface area contributed by atoms with Gasteiger partial charge in [0.15, 0.2) is 0 Å². The second-order valence-corrected chi connectivity index (χ2v) is 4.31. The zero-order valence-corrected chi connectivity index (χ0v) is 10.6. The van der Waals surface area contributed by atoms with E-state index in [0.717, 1.165) is 5.56 Å². The van der Waals surface area contributed by atoms with Crippen molar-refractivity contribution in [1.29, 1.82) is 5.26 Å². The van der Waals surface area contributed by atoms with Gasteiger partial charge < -0.3 is 5.32 Å². The second kappa shape index (κ2) is 6.07. The van der Waals surface area contributed by atoms with Crippen LogP contribution in [0.5, 0.6) is 0 Å². The van der Waals surface area contributed by atoms with Crippen molar-refractivity contribution in [1.82, 2.24) is 10.3 Å². The molecule has 0 bridgehead atoms. The van der Waals surface area contributed by atoms with E-state index in [1.54, 1.807) is 24.5 Å². The first-order chi connectivity index (χ1) is 9.20. The van der Waals surface area contributed by atoms with Crippen molar-refractivity contribution in [2.75, 3.05) is 0 Å². The molecule has 2 rings (SSSR count). The van der Waals surface area contributed by atoms with Crippen molar-refractivity contribution < 1.29 is 4.39 Å².